The lowest BCUT2D eigenvalue weighted by Crippen LogP contribution is -2.40. The van der Waals surface area contributed by atoms with Crippen molar-refractivity contribution in [2.24, 2.45) is 4.99 Å². The summed E-state index contributed by atoms with van der Waals surface area (Å²) in [5.74, 6) is 0. The van der Waals surface area contributed by atoms with Gasteiger partial charge in [-0.2, -0.15) is 4.99 Å². The fourth-order valence-electron chi connectivity index (χ4n) is 3.27. The number of hydrogen-bond acceptors (Lipinski definition) is 1. The van der Waals surface area contributed by atoms with Gasteiger partial charge < -0.3 is 0 Å². The average Bonchev–Trinajstić information content (AvgIpc) is 3.06. The molecule has 27 heavy (non-hydrogen) atoms. The van der Waals surface area contributed by atoms with Crippen molar-refractivity contribution >= 4 is 45.0 Å². The van der Waals surface area contributed by atoms with Gasteiger partial charge in [0.05, 0.1) is 16.6 Å². The zero-order chi connectivity index (χ0) is 18.8. The zero-order valence-electron chi connectivity index (χ0n) is 14.3. The van der Waals surface area contributed by atoms with E-state index in [0.29, 0.717) is 5.02 Å². The Bertz CT molecular complexity index is 974. The molecule has 0 radical (unpaired) electrons. The van der Waals surface area contributed by atoms with Gasteiger partial charge in [-0.25, -0.2) is 4.79 Å². The van der Waals surface area contributed by atoms with Crippen molar-refractivity contribution in [1.29, 1.82) is 0 Å². The Morgan fingerprint density at radius 2 is 1.48 bits per heavy atom. The molecule has 3 aromatic rings. The highest BCUT2D eigenvalue weighted by atomic mass is 79.9. The molecule has 0 saturated heterocycles. The molecule has 5 heteroatoms. The summed E-state index contributed by atoms with van der Waals surface area (Å²) >= 11 is 9.87. The van der Waals surface area contributed by atoms with Gasteiger partial charge in [0.2, 0.25) is 0 Å². The molecule has 3 nitrogen and oxygen atoms in total. The molecule has 0 N–H and O–H groups in total. The van der Waals surface area contributed by atoms with Gasteiger partial charge in [0.25, 0.3) is 0 Å². The Morgan fingerprint density at radius 1 is 0.889 bits per heavy atom. The van der Waals surface area contributed by atoms with Crippen LogP contribution in [0.2, 0.25) is 5.02 Å². The van der Waals surface area contributed by atoms with Crippen molar-refractivity contribution in [3.8, 4) is 0 Å². The Labute approximate surface area is 171 Å². The number of nitrogens with zero attached hydrogens (tertiary/aromatic N) is 2. The maximum absolute atomic E-state index is 12.9. The summed E-state index contributed by atoms with van der Waals surface area (Å²) in [6.45, 7) is 0. The van der Waals surface area contributed by atoms with Crippen LogP contribution in [0, 0.1) is 0 Å². The number of hydrogen-bond donors (Lipinski definition) is 0. The monoisotopic (exact) mass is 438 g/mol. The second kappa shape index (κ2) is 7.67. The minimum Gasteiger partial charge on any atom is -0.282 e. The predicted octanol–water partition coefficient (Wildman–Crippen LogP) is 6.27. The highest BCUT2D eigenvalue weighted by molar-refractivity contribution is 9.09. The molecule has 2 atom stereocenters. The molecule has 4 rings (SSSR count). The van der Waals surface area contributed by atoms with Crippen molar-refractivity contribution in [1.82, 2.24) is 0 Å². The van der Waals surface area contributed by atoms with E-state index >= 15 is 0 Å². The van der Waals surface area contributed by atoms with Crippen LogP contribution in [0.1, 0.15) is 16.0 Å². The van der Waals surface area contributed by atoms with Crippen LogP contribution >= 0.6 is 27.5 Å². The third-order valence-electron chi connectivity index (χ3n) is 4.55. The van der Waals surface area contributed by atoms with Crippen molar-refractivity contribution in [3.05, 3.63) is 101 Å². The lowest BCUT2D eigenvalue weighted by Gasteiger charge is -2.29. The first-order valence-corrected chi connectivity index (χ1v) is 9.86. The standard InChI is InChI=1S/C22H16BrClN2O/c23-19(15-7-3-1-4-8-15)21-20(16-11-13-17(24)14-12-16)25-22(27)26(21)18-9-5-2-6-10-18/h1-14,19,21H. The zero-order valence-corrected chi connectivity index (χ0v) is 16.6. The molecule has 0 saturated carbocycles. The van der Waals surface area contributed by atoms with Gasteiger partial charge >= 0.3 is 6.03 Å². The highest BCUT2D eigenvalue weighted by Crippen LogP contribution is 2.38. The maximum atomic E-state index is 12.9. The van der Waals surface area contributed by atoms with Crippen LogP contribution in [0.5, 0.6) is 0 Å². The summed E-state index contributed by atoms with van der Waals surface area (Å²) in [6, 6.07) is 26.6. The number of carbonyl (C=O) groups is 1. The highest BCUT2D eigenvalue weighted by Gasteiger charge is 2.41. The Balaban J connectivity index is 1.81. The van der Waals surface area contributed by atoms with Crippen molar-refractivity contribution in [2.75, 3.05) is 4.90 Å². The number of para-hydroxylation sites is 1. The molecule has 1 aliphatic heterocycles. The van der Waals surface area contributed by atoms with Crippen molar-refractivity contribution in [2.45, 2.75) is 10.9 Å². The summed E-state index contributed by atoms with van der Waals surface area (Å²) < 4.78 is 0. The number of amides is 2. The number of benzene rings is 3. The summed E-state index contributed by atoms with van der Waals surface area (Å²) in [5.41, 5.74) is 3.52. The van der Waals surface area contributed by atoms with Gasteiger partial charge in [0.15, 0.2) is 0 Å². The topological polar surface area (TPSA) is 32.7 Å². The van der Waals surface area contributed by atoms with Crippen LogP contribution < -0.4 is 4.90 Å². The summed E-state index contributed by atoms with van der Waals surface area (Å²) in [4.78, 5) is 18.9. The van der Waals surface area contributed by atoms with Gasteiger partial charge in [-0.1, -0.05) is 88.2 Å². The fraction of sp³-hybridized carbons (Fsp3) is 0.0909. The lowest BCUT2D eigenvalue weighted by molar-refractivity contribution is 0.255. The van der Waals surface area contributed by atoms with E-state index in [9.17, 15) is 4.79 Å². The first-order chi connectivity index (χ1) is 13.1. The molecule has 2 amide bonds. The molecule has 0 fully saturated rings. The molecule has 134 valence electrons. The quantitative estimate of drug-likeness (QED) is 0.441. The number of alkyl halides is 1. The number of halogens is 2. The number of anilines is 1. The smallest absolute Gasteiger partial charge is 0.282 e. The van der Waals surface area contributed by atoms with Crippen LogP contribution in [-0.2, 0) is 0 Å². The Hall–Kier alpha value is -2.43. The van der Waals surface area contributed by atoms with E-state index in [4.69, 9.17) is 11.6 Å². The van der Waals surface area contributed by atoms with Crippen molar-refractivity contribution < 1.29 is 4.79 Å². The van der Waals surface area contributed by atoms with E-state index in [0.717, 1.165) is 22.5 Å². The Morgan fingerprint density at radius 3 is 2.11 bits per heavy atom. The third kappa shape index (κ3) is 3.55. The molecule has 0 bridgehead atoms. The van der Waals surface area contributed by atoms with Crippen LogP contribution in [0.25, 0.3) is 0 Å². The van der Waals surface area contributed by atoms with Crippen LogP contribution in [0.4, 0.5) is 10.5 Å². The van der Waals surface area contributed by atoms with E-state index in [-0.39, 0.29) is 16.9 Å². The van der Waals surface area contributed by atoms with E-state index in [2.05, 4.69) is 20.9 Å². The maximum Gasteiger partial charge on any atom is 0.349 e. The van der Waals surface area contributed by atoms with Gasteiger partial charge in [-0.3, -0.25) is 4.90 Å². The lowest BCUT2D eigenvalue weighted by atomic mass is 9.96. The molecule has 1 heterocycles. The first-order valence-electron chi connectivity index (χ1n) is 8.57. The van der Waals surface area contributed by atoms with Crippen molar-refractivity contribution in [3.63, 3.8) is 0 Å². The largest absolute Gasteiger partial charge is 0.349 e. The predicted molar refractivity (Wildman–Crippen MR) is 114 cm³/mol. The molecular weight excluding hydrogens is 424 g/mol. The molecule has 0 spiro atoms. The van der Waals surface area contributed by atoms with Crippen LogP contribution in [0.3, 0.4) is 0 Å². The van der Waals surface area contributed by atoms with Crippen LogP contribution in [-0.4, -0.2) is 17.8 Å². The van der Waals surface area contributed by atoms with E-state index < -0.39 is 0 Å². The summed E-state index contributed by atoms with van der Waals surface area (Å²) in [5, 5.41) is 0.651. The molecule has 0 aromatic heterocycles. The minimum absolute atomic E-state index is 0.111. The minimum atomic E-state index is -0.275. The van der Waals surface area contributed by atoms with Crippen LogP contribution in [0.15, 0.2) is 89.9 Å². The summed E-state index contributed by atoms with van der Waals surface area (Å²) in [6.07, 6.45) is 0. The second-order valence-corrected chi connectivity index (χ2v) is 7.67. The normalized spacial score (nSPS) is 17.7. The molecular formula is C22H16BrClN2O. The van der Waals surface area contributed by atoms with E-state index in [1.54, 1.807) is 4.90 Å². The third-order valence-corrected chi connectivity index (χ3v) is 5.83. The van der Waals surface area contributed by atoms with E-state index in [1.807, 2.05) is 84.9 Å². The number of aliphatic imine (C=N–C) groups is 1. The Kier molecular flexibility index (Phi) is 5.10. The molecule has 1 aliphatic rings. The van der Waals surface area contributed by atoms with Gasteiger partial charge in [0.1, 0.15) is 0 Å². The first kappa shape index (κ1) is 18.0. The molecule has 0 aliphatic carbocycles. The van der Waals surface area contributed by atoms with E-state index in [1.165, 1.54) is 0 Å². The summed E-state index contributed by atoms with van der Waals surface area (Å²) in [7, 11) is 0. The fourth-order valence-corrected chi connectivity index (χ4v) is 4.19. The SMILES string of the molecule is O=C1N=C(c2ccc(Cl)cc2)C(C(Br)c2ccccc2)N1c1ccccc1. The molecule has 3 aromatic carbocycles. The molecule has 2 unspecified atom stereocenters. The van der Waals surface area contributed by atoms with Gasteiger partial charge in [0, 0.05) is 10.7 Å². The van der Waals surface area contributed by atoms with Gasteiger partial charge in [-0.15, -0.1) is 0 Å². The number of urea groups is 1. The van der Waals surface area contributed by atoms with Gasteiger partial charge in [-0.05, 0) is 35.4 Å². The number of carbonyl (C=O) groups excluding carboxylic acids is 1. The average molecular weight is 440 g/mol. The second-order valence-electron chi connectivity index (χ2n) is 6.25. The number of rotatable bonds is 4.